The van der Waals surface area contributed by atoms with Crippen molar-refractivity contribution in [1.29, 1.82) is 5.26 Å². The number of carbonyl (C=O) groups excluding carboxylic acids is 1. The van der Waals surface area contributed by atoms with E-state index in [1.165, 1.54) is 0 Å². The topological polar surface area (TPSA) is 109 Å². The van der Waals surface area contributed by atoms with Gasteiger partial charge in [-0.05, 0) is 60.2 Å². The third-order valence-corrected chi connectivity index (χ3v) is 7.16. The van der Waals surface area contributed by atoms with Crippen molar-refractivity contribution in [3.8, 4) is 6.07 Å². The molecular formula is C31H30N4O3. The van der Waals surface area contributed by atoms with Crippen molar-refractivity contribution < 1.29 is 14.7 Å². The van der Waals surface area contributed by atoms with Crippen LogP contribution in [-0.4, -0.2) is 35.1 Å². The monoisotopic (exact) mass is 506 g/mol. The Morgan fingerprint density at radius 2 is 1.84 bits per heavy atom. The first-order valence-electron chi connectivity index (χ1n) is 13.0. The molecule has 7 heteroatoms. The van der Waals surface area contributed by atoms with Crippen molar-refractivity contribution in [2.75, 3.05) is 18.0 Å². The summed E-state index contributed by atoms with van der Waals surface area (Å²) in [6, 6.07) is 23.3. The highest BCUT2D eigenvalue weighted by molar-refractivity contribution is 5.87. The molecule has 0 radical (unpaired) electrons. The van der Waals surface area contributed by atoms with Gasteiger partial charge < -0.3 is 20.3 Å². The third kappa shape index (κ3) is 5.55. The molecule has 5 rings (SSSR count). The van der Waals surface area contributed by atoms with Crippen molar-refractivity contribution in [2.24, 2.45) is 0 Å². The Morgan fingerprint density at radius 3 is 2.58 bits per heavy atom. The van der Waals surface area contributed by atoms with Gasteiger partial charge in [-0.2, -0.15) is 5.26 Å². The van der Waals surface area contributed by atoms with Crippen LogP contribution in [0.5, 0.6) is 0 Å². The molecular weight excluding hydrogens is 476 g/mol. The van der Waals surface area contributed by atoms with E-state index in [-0.39, 0.29) is 24.8 Å². The van der Waals surface area contributed by atoms with Crippen LogP contribution in [0.4, 0.5) is 5.69 Å². The molecule has 3 N–H and O–H groups in total. The molecule has 3 aromatic carbocycles. The number of aromatic nitrogens is 1. The number of carboxylic acids is 1. The van der Waals surface area contributed by atoms with Crippen LogP contribution in [0.3, 0.4) is 0 Å². The summed E-state index contributed by atoms with van der Waals surface area (Å²) in [5, 5.41) is 22.8. The van der Waals surface area contributed by atoms with Gasteiger partial charge in [-0.15, -0.1) is 0 Å². The van der Waals surface area contributed by atoms with Gasteiger partial charge in [0.1, 0.15) is 0 Å². The summed E-state index contributed by atoms with van der Waals surface area (Å²) >= 11 is 0. The number of nitriles is 1. The fraction of sp³-hybridized carbons (Fsp3) is 0.258. The molecule has 1 saturated heterocycles. The second kappa shape index (κ2) is 11.2. The van der Waals surface area contributed by atoms with Crippen molar-refractivity contribution >= 4 is 28.5 Å². The van der Waals surface area contributed by atoms with E-state index in [0.29, 0.717) is 12.0 Å². The van der Waals surface area contributed by atoms with Gasteiger partial charge in [-0.3, -0.25) is 9.59 Å². The van der Waals surface area contributed by atoms with Crippen LogP contribution in [-0.2, 0) is 22.4 Å². The molecule has 192 valence electrons. The van der Waals surface area contributed by atoms with Crippen LogP contribution < -0.4 is 10.2 Å². The highest BCUT2D eigenvalue weighted by atomic mass is 16.4. The number of aromatic amines is 1. The average Bonchev–Trinajstić information content (AvgIpc) is 3.61. The van der Waals surface area contributed by atoms with E-state index < -0.39 is 5.97 Å². The number of carbonyl (C=O) groups is 2. The number of hydrogen-bond acceptors (Lipinski definition) is 4. The summed E-state index contributed by atoms with van der Waals surface area (Å²) in [6.07, 6.45) is 4.73. The number of aryl methyl sites for hydroxylation is 1. The Labute approximate surface area is 221 Å². The number of anilines is 1. The maximum Gasteiger partial charge on any atom is 0.303 e. The number of fused-ring (bicyclic) bond motifs is 1. The number of nitrogens with zero attached hydrogens (tertiary/aromatic N) is 2. The van der Waals surface area contributed by atoms with Crippen LogP contribution in [0.15, 0.2) is 72.9 Å². The molecule has 2 heterocycles. The molecule has 0 spiro atoms. The molecule has 1 fully saturated rings. The fourth-order valence-electron chi connectivity index (χ4n) is 5.26. The predicted octanol–water partition coefficient (Wildman–Crippen LogP) is 5.11. The van der Waals surface area contributed by atoms with E-state index >= 15 is 0 Å². The maximum absolute atomic E-state index is 13.4. The summed E-state index contributed by atoms with van der Waals surface area (Å²) in [6.45, 7) is 1.86. The lowest BCUT2D eigenvalue weighted by Gasteiger charge is -2.27. The number of nitrogens with one attached hydrogen (secondary N) is 2. The van der Waals surface area contributed by atoms with Crippen molar-refractivity contribution in [3.63, 3.8) is 0 Å². The maximum atomic E-state index is 13.4. The van der Waals surface area contributed by atoms with Crippen molar-refractivity contribution in [1.82, 2.24) is 10.3 Å². The number of hydrogen-bond donors (Lipinski definition) is 3. The zero-order chi connectivity index (χ0) is 26.5. The van der Waals surface area contributed by atoms with Crippen LogP contribution in [0.25, 0.3) is 10.9 Å². The Morgan fingerprint density at radius 1 is 1.05 bits per heavy atom. The molecule has 0 aliphatic carbocycles. The Hall–Kier alpha value is -4.57. The number of benzene rings is 3. The van der Waals surface area contributed by atoms with E-state index in [4.69, 9.17) is 5.11 Å². The summed E-state index contributed by atoms with van der Waals surface area (Å²) in [7, 11) is 0. The predicted molar refractivity (Wildman–Crippen MR) is 147 cm³/mol. The van der Waals surface area contributed by atoms with Crippen molar-refractivity contribution in [3.05, 3.63) is 101 Å². The Balaban J connectivity index is 1.43. The van der Waals surface area contributed by atoms with E-state index in [1.54, 1.807) is 0 Å². The second-order valence-corrected chi connectivity index (χ2v) is 9.76. The van der Waals surface area contributed by atoms with E-state index in [1.807, 2.05) is 72.9 Å². The quantitative estimate of drug-likeness (QED) is 0.292. The highest BCUT2D eigenvalue weighted by Crippen LogP contribution is 2.34. The van der Waals surface area contributed by atoms with Gasteiger partial charge in [-0.25, -0.2) is 0 Å². The van der Waals surface area contributed by atoms with E-state index in [9.17, 15) is 14.9 Å². The molecule has 7 nitrogen and oxygen atoms in total. The van der Waals surface area contributed by atoms with Gasteiger partial charge in [0, 0.05) is 47.9 Å². The number of aliphatic carboxylic acids is 1. The Bertz CT molecular complexity index is 1500. The normalized spacial score (nSPS) is 13.8. The minimum Gasteiger partial charge on any atom is -0.481 e. The molecule has 38 heavy (non-hydrogen) atoms. The standard InChI is InChI=1S/C31H30N4O3/c32-19-22-8-11-25(28(17-22)35-14-4-5-15-35)31(23-6-2-1-3-7-23)34-29(36)18-21-9-12-27-26(16-21)24(20-33-27)10-13-30(37)38/h1-3,6-9,11-12,16-17,20,31,33H,4-5,10,13-15,18H2,(H,34,36)(H,37,38). The number of amides is 1. The molecule has 1 aliphatic rings. The smallest absolute Gasteiger partial charge is 0.303 e. The zero-order valence-corrected chi connectivity index (χ0v) is 21.1. The lowest BCUT2D eigenvalue weighted by atomic mass is 9.95. The lowest BCUT2D eigenvalue weighted by molar-refractivity contribution is -0.137. The first-order chi connectivity index (χ1) is 18.5. The zero-order valence-electron chi connectivity index (χ0n) is 21.1. The molecule has 0 bridgehead atoms. The molecule has 4 aromatic rings. The molecule has 1 aromatic heterocycles. The van der Waals surface area contributed by atoms with Gasteiger partial charge in [0.2, 0.25) is 5.91 Å². The number of H-pyrrole nitrogens is 1. The lowest BCUT2D eigenvalue weighted by Crippen LogP contribution is -2.32. The largest absolute Gasteiger partial charge is 0.481 e. The summed E-state index contributed by atoms with van der Waals surface area (Å²) in [4.78, 5) is 30.0. The minimum atomic E-state index is -0.835. The third-order valence-electron chi connectivity index (χ3n) is 7.16. The summed E-state index contributed by atoms with van der Waals surface area (Å²) < 4.78 is 0. The van der Waals surface area contributed by atoms with Crippen LogP contribution in [0, 0.1) is 11.3 Å². The van der Waals surface area contributed by atoms with Gasteiger partial charge in [0.05, 0.1) is 24.1 Å². The van der Waals surface area contributed by atoms with Gasteiger partial charge in [0.15, 0.2) is 0 Å². The molecule has 0 saturated carbocycles. The Kier molecular flexibility index (Phi) is 7.41. The van der Waals surface area contributed by atoms with Crippen LogP contribution >= 0.6 is 0 Å². The molecule has 1 amide bonds. The minimum absolute atomic E-state index is 0.0559. The van der Waals surface area contributed by atoms with E-state index in [0.717, 1.165) is 64.8 Å². The van der Waals surface area contributed by atoms with Gasteiger partial charge in [0.25, 0.3) is 0 Å². The number of carboxylic acid groups (broad SMARTS) is 1. The SMILES string of the molecule is N#Cc1ccc(C(NC(=O)Cc2ccc3[nH]cc(CCC(=O)O)c3c2)c2ccccc2)c(N2CCCC2)c1. The summed E-state index contributed by atoms with van der Waals surface area (Å²) in [5.74, 6) is -0.949. The second-order valence-electron chi connectivity index (χ2n) is 9.76. The van der Waals surface area contributed by atoms with Crippen LogP contribution in [0.1, 0.15) is 53.1 Å². The summed E-state index contributed by atoms with van der Waals surface area (Å²) in [5.41, 5.74) is 6.26. The van der Waals surface area contributed by atoms with Gasteiger partial charge in [-0.1, -0.05) is 42.5 Å². The number of rotatable bonds is 9. The van der Waals surface area contributed by atoms with Gasteiger partial charge >= 0.3 is 5.97 Å². The highest BCUT2D eigenvalue weighted by Gasteiger charge is 2.24. The van der Waals surface area contributed by atoms with E-state index in [2.05, 4.69) is 21.3 Å². The first kappa shape index (κ1) is 25.1. The first-order valence-corrected chi connectivity index (χ1v) is 13.0. The fourth-order valence-corrected chi connectivity index (χ4v) is 5.26. The molecule has 1 atom stereocenters. The molecule has 1 aliphatic heterocycles. The van der Waals surface area contributed by atoms with Crippen molar-refractivity contribution in [2.45, 2.75) is 38.1 Å². The average molecular weight is 507 g/mol. The van der Waals surface area contributed by atoms with Crippen LogP contribution in [0.2, 0.25) is 0 Å². The molecule has 1 unspecified atom stereocenters.